The molecule has 2 rings (SSSR count). The van der Waals surface area contributed by atoms with Gasteiger partial charge in [-0.2, -0.15) is 0 Å². The van der Waals surface area contributed by atoms with Crippen molar-refractivity contribution in [1.82, 2.24) is 0 Å². The van der Waals surface area contributed by atoms with E-state index in [2.05, 4.69) is 6.07 Å². The normalized spacial score (nSPS) is 9.88. The molecular formula is C14H12NO2. The minimum absolute atomic E-state index is 0.341. The van der Waals surface area contributed by atoms with Crippen molar-refractivity contribution in [2.45, 2.75) is 6.54 Å². The Morgan fingerprint density at radius 1 is 1.18 bits per heavy atom. The predicted octanol–water partition coefficient (Wildman–Crippen LogP) is 3.17. The molecule has 3 heteroatoms. The van der Waals surface area contributed by atoms with Crippen LogP contribution in [0.15, 0.2) is 54.6 Å². The molecule has 1 N–H and O–H groups in total. The standard InChI is InChI=1S/C14H12NO2/c16-14(17)15(13-9-5-2-6-10-13)11-12-7-3-1-4-8-12/h1-5,7-10H,11H2,(H,16,17). The molecule has 2 aromatic rings. The zero-order valence-electron chi connectivity index (χ0n) is 9.21. The first-order valence-corrected chi connectivity index (χ1v) is 5.28. The molecule has 0 bridgehead atoms. The van der Waals surface area contributed by atoms with Crippen molar-refractivity contribution in [2.24, 2.45) is 0 Å². The Kier molecular flexibility index (Phi) is 3.40. The van der Waals surface area contributed by atoms with Gasteiger partial charge in [0.25, 0.3) is 0 Å². The molecule has 1 radical (unpaired) electrons. The third kappa shape index (κ3) is 2.84. The lowest BCUT2D eigenvalue weighted by Gasteiger charge is -2.19. The van der Waals surface area contributed by atoms with Gasteiger partial charge in [-0.25, -0.2) is 4.79 Å². The minimum atomic E-state index is -0.964. The van der Waals surface area contributed by atoms with Gasteiger partial charge in [-0.15, -0.1) is 0 Å². The van der Waals surface area contributed by atoms with Gasteiger partial charge in [0.15, 0.2) is 0 Å². The molecule has 0 atom stereocenters. The molecule has 85 valence electrons. The Morgan fingerprint density at radius 2 is 1.94 bits per heavy atom. The summed E-state index contributed by atoms with van der Waals surface area (Å²) >= 11 is 0. The molecule has 1 amide bonds. The van der Waals surface area contributed by atoms with Crippen molar-refractivity contribution in [3.63, 3.8) is 0 Å². The number of anilines is 1. The number of nitrogens with zero attached hydrogens (tertiary/aromatic N) is 1. The molecule has 0 unspecified atom stereocenters. The lowest BCUT2D eigenvalue weighted by Crippen LogP contribution is -2.28. The smallest absolute Gasteiger partial charge is 0.412 e. The fourth-order valence-electron chi connectivity index (χ4n) is 1.59. The van der Waals surface area contributed by atoms with E-state index >= 15 is 0 Å². The van der Waals surface area contributed by atoms with Crippen molar-refractivity contribution in [1.29, 1.82) is 0 Å². The molecule has 17 heavy (non-hydrogen) atoms. The molecule has 0 fully saturated rings. The number of carboxylic acid groups (broad SMARTS) is 1. The fraction of sp³-hybridized carbons (Fsp3) is 0.0714. The van der Waals surface area contributed by atoms with Gasteiger partial charge in [-0.1, -0.05) is 42.5 Å². The third-order valence-electron chi connectivity index (χ3n) is 2.42. The number of rotatable bonds is 3. The van der Waals surface area contributed by atoms with Crippen molar-refractivity contribution in [3.8, 4) is 0 Å². The van der Waals surface area contributed by atoms with E-state index in [1.54, 1.807) is 24.3 Å². The van der Waals surface area contributed by atoms with Gasteiger partial charge in [-0.3, -0.25) is 4.90 Å². The maximum Gasteiger partial charge on any atom is 0.412 e. The fourth-order valence-corrected chi connectivity index (χ4v) is 1.59. The lowest BCUT2D eigenvalue weighted by atomic mass is 10.2. The quantitative estimate of drug-likeness (QED) is 0.873. The van der Waals surface area contributed by atoms with E-state index in [0.29, 0.717) is 12.2 Å². The number of benzene rings is 2. The van der Waals surface area contributed by atoms with E-state index in [4.69, 9.17) is 0 Å². The third-order valence-corrected chi connectivity index (χ3v) is 2.42. The average Bonchev–Trinajstić information content (AvgIpc) is 2.38. The summed E-state index contributed by atoms with van der Waals surface area (Å²) in [7, 11) is 0. The highest BCUT2D eigenvalue weighted by Gasteiger charge is 2.13. The molecule has 3 nitrogen and oxygen atoms in total. The van der Waals surface area contributed by atoms with E-state index in [-0.39, 0.29) is 0 Å². The van der Waals surface area contributed by atoms with E-state index in [9.17, 15) is 9.90 Å². The van der Waals surface area contributed by atoms with Crippen LogP contribution in [0.1, 0.15) is 5.56 Å². The monoisotopic (exact) mass is 226 g/mol. The topological polar surface area (TPSA) is 40.5 Å². The van der Waals surface area contributed by atoms with Crippen LogP contribution in [0.5, 0.6) is 0 Å². The second-order valence-corrected chi connectivity index (χ2v) is 3.62. The Labute approximate surface area is 99.9 Å². The lowest BCUT2D eigenvalue weighted by molar-refractivity contribution is 0.201. The first-order chi connectivity index (χ1) is 8.27. The van der Waals surface area contributed by atoms with Gasteiger partial charge in [-0.05, 0) is 23.8 Å². The predicted molar refractivity (Wildman–Crippen MR) is 65.9 cm³/mol. The van der Waals surface area contributed by atoms with Gasteiger partial charge in [0.05, 0.1) is 6.54 Å². The maximum atomic E-state index is 11.2. The SMILES string of the molecule is O=C(O)N(Cc1ccccc1)c1c[c]ccc1. The zero-order valence-corrected chi connectivity index (χ0v) is 9.21. The first kappa shape index (κ1) is 11.2. The molecule has 0 saturated heterocycles. The van der Waals surface area contributed by atoms with E-state index in [1.165, 1.54) is 4.90 Å². The first-order valence-electron chi connectivity index (χ1n) is 5.28. The second kappa shape index (κ2) is 5.16. The zero-order chi connectivity index (χ0) is 12.1. The van der Waals surface area contributed by atoms with Crippen LogP contribution in [0.4, 0.5) is 10.5 Å². The number of hydrogen-bond donors (Lipinski definition) is 1. The Morgan fingerprint density at radius 3 is 2.53 bits per heavy atom. The second-order valence-electron chi connectivity index (χ2n) is 3.62. The summed E-state index contributed by atoms with van der Waals surface area (Å²) in [6.45, 7) is 0.341. The van der Waals surface area contributed by atoms with Gasteiger partial charge in [0.2, 0.25) is 0 Å². The number of hydrogen-bond acceptors (Lipinski definition) is 1. The average molecular weight is 226 g/mol. The summed E-state index contributed by atoms with van der Waals surface area (Å²) < 4.78 is 0. The summed E-state index contributed by atoms with van der Waals surface area (Å²) in [5.41, 5.74) is 1.59. The number of amides is 1. The minimum Gasteiger partial charge on any atom is -0.465 e. The summed E-state index contributed by atoms with van der Waals surface area (Å²) in [5, 5.41) is 9.20. The molecule has 0 aliphatic carbocycles. The Hall–Kier alpha value is -2.29. The van der Waals surface area contributed by atoms with Crippen LogP contribution in [-0.4, -0.2) is 11.2 Å². The van der Waals surface area contributed by atoms with E-state index in [1.807, 2.05) is 30.3 Å². The van der Waals surface area contributed by atoms with Crippen LogP contribution in [0.25, 0.3) is 0 Å². The van der Waals surface area contributed by atoms with Gasteiger partial charge in [0.1, 0.15) is 0 Å². The van der Waals surface area contributed by atoms with Crippen molar-refractivity contribution in [2.75, 3.05) is 4.90 Å². The number of carbonyl (C=O) groups is 1. The van der Waals surface area contributed by atoms with Crippen molar-refractivity contribution < 1.29 is 9.90 Å². The summed E-state index contributed by atoms with van der Waals surface area (Å²) in [6.07, 6.45) is -0.964. The molecule has 0 spiro atoms. The van der Waals surface area contributed by atoms with E-state index in [0.717, 1.165) is 5.56 Å². The Balaban J connectivity index is 2.23. The largest absolute Gasteiger partial charge is 0.465 e. The van der Waals surface area contributed by atoms with Crippen LogP contribution >= 0.6 is 0 Å². The van der Waals surface area contributed by atoms with Crippen molar-refractivity contribution >= 4 is 11.8 Å². The van der Waals surface area contributed by atoms with E-state index < -0.39 is 6.09 Å². The van der Waals surface area contributed by atoms with Gasteiger partial charge < -0.3 is 5.11 Å². The molecule has 2 aromatic carbocycles. The van der Waals surface area contributed by atoms with Gasteiger partial charge >= 0.3 is 6.09 Å². The maximum absolute atomic E-state index is 11.2. The molecule has 0 aliphatic heterocycles. The van der Waals surface area contributed by atoms with Crippen LogP contribution < -0.4 is 4.90 Å². The van der Waals surface area contributed by atoms with Crippen LogP contribution in [-0.2, 0) is 6.54 Å². The van der Waals surface area contributed by atoms with Crippen LogP contribution in [0.3, 0.4) is 0 Å². The molecule has 0 aromatic heterocycles. The van der Waals surface area contributed by atoms with Gasteiger partial charge in [0, 0.05) is 5.69 Å². The highest BCUT2D eigenvalue weighted by Crippen LogP contribution is 2.16. The highest BCUT2D eigenvalue weighted by atomic mass is 16.4. The molecule has 0 saturated carbocycles. The summed E-state index contributed by atoms with van der Waals surface area (Å²) in [6, 6.07) is 19.3. The van der Waals surface area contributed by atoms with Crippen LogP contribution in [0, 0.1) is 6.07 Å². The Bertz CT molecular complexity index is 482. The van der Waals surface area contributed by atoms with Crippen LogP contribution in [0.2, 0.25) is 0 Å². The molecule has 0 aliphatic rings. The van der Waals surface area contributed by atoms with Crippen molar-refractivity contribution in [3.05, 3.63) is 66.2 Å². The summed E-state index contributed by atoms with van der Waals surface area (Å²) in [4.78, 5) is 12.5. The molecular weight excluding hydrogens is 214 g/mol. The molecule has 0 heterocycles. The summed E-state index contributed by atoms with van der Waals surface area (Å²) in [5.74, 6) is 0. The highest BCUT2D eigenvalue weighted by molar-refractivity contribution is 5.85.